The number of methoxy groups -OCH3 is 1. The predicted molar refractivity (Wildman–Crippen MR) is 97.5 cm³/mol. The topological polar surface area (TPSA) is 102 Å². The molecular formula is C18H22N4O4. The largest absolute Gasteiger partial charge is 0.462 e. The molecule has 0 aliphatic carbocycles. The molecule has 138 valence electrons. The summed E-state index contributed by atoms with van der Waals surface area (Å²) in [7, 11) is 1.61. The van der Waals surface area contributed by atoms with Gasteiger partial charge in [0.15, 0.2) is 0 Å². The number of ether oxygens (including phenoxy) is 2. The molecular weight excluding hydrogens is 336 g/mol. The highest BCUT2D eigenvalue weighted by molar-refractivity contribution is 6.03. The maximum atomic E-state index is 12.4. The van der Waals surface area contributed by atoms with Crippen LogP contribution in [0, 0.1) is 6.92 Å². The SMILES string of the molecule is CCOC(=O)c1ccc(NC(=O)c2cc(NCCOC)nc(C)n2)cc1. The predicted octanol–water partition coefficient (Wildman–Crippen LogP) is 2.27. The van der Waals surface area contributed by atoms with E-state index in [0.717, 1.165) is 0 Å². The molecule has 1 heterocycles. The van der Waals surface area contributed by atoms with Crippen LogP contribution in [0.1, 0.15) is 33.6 Å². The van der Waals surface area contributed by atoms with E-state index in [2.05, 4.69) is 20.6 Å². The van der Waals surface area contributed by atoms with Crippen LogP contribution in [0.4, 0.5) is 11.5 Å². The zero-order valence-electron chi connectivity index (χ0n) is 15.0. The lowest BCUT2D eigenvalue weighted by Crippen LogP contribution is -2.17. The number of rotatable bonds is 8. The molecule has 0 aliphatic heterocycles. The van der Waals surface area contributed by atoms with Crippen LogP contribution in [-0.4, -0.2) is 48.7 Å². The molecule has 26 heavy (non-hydrogen) atoms. The van der Waals surface area contributed by atoms with E-state index >= 15 is 0 Å². The van der Waals surface area contributed by atoms with Crippen LogP contribution in [0.25, 0.3) is 0 Å². The number of benzene rings is 1. The fourth-order valence-corrected chi connectivity index (χ4v) is 2.15. The van der Waals surface area contributed by atoms with Crippen molar-refractivity contribution in [1.82, 2.24) is 9.97 Å². The lowest BCUT2D eigenvalue weighted by atomic mass is 10.2. The molecule has 2 rings (SSSR count). The van der Waals surface area contributed by atoms with Crippen LogP contribution in [-0.2, 0) is 9.47 Å². The Kier molecular flexibility index (Phi) is 7.04. The quantitative estimate of drug-likeness (QED) is 0.551. The van der Waals surface area contributed by atoms with Gasteiger partial charge < -0.3 is 20.1 Å². The van der Waals surface area contributed by atoms with Gasteiger partial charge in [-0.3, -0.25) is 4.79 Å². The first kappa shape index (κ1) is 19.3. The molecule has 1 aromatic heterocycles. The van der Waals surface area contributed by atoms with E-state index < -0.39 is 5.97 Å². The fraction of sp³-hybridized carbons (Fsp3) is 0.333. The molecule has 2 N–H and O–H groups in total. The zero-order valence-corrected chi connectivity index (χ0v) is 15.0. The Hall–Kier alpha value is -3.00. The molecule has 0 fully saturated rings. The van der Waals surface area contributed by atoms with Gasteiger partial charge >= 0.3 is 5.97 Å². The highest BCUT2D eigenvalue weighted by Gasteiger charge is 2.12. The summed E-state index contributed by atoms with van der Waals surface area (Å²) in [5.74, 6) is 0.269. The molecule has 0 spiro atoms. The number of esters is 1. The van der Waals surface area contributed by atoms with Gasteiger partial charge in [0.1, 0.15) is 17.3 Å². The van der Waals surface area contributed by atoms with Crippen molar-refractivity contribution in [2.75, 3.05) is 37.5 Å². The molecule has 8 heteroatoms. The summed E-state index contributed by atoms with van der Waals surface area (Å²) in [6, 6.07) is 8.03. The van der Waals surface area contributed by atoms with Gasteiger partial charge in [-0.15, -0.1) is 0 Å². The molecule has 0 bridgehead atoms. The van der Waals surface area contributed by atoms with E-state index in [0.29, 0.717) is 42.7 Å². The van der Waals surface area contributed by atoms with Crippen molar-refractivity contribution in [2.45, 2.75) is 13.8 Å². The number of nitrogens with zero attached hydrogens (tertiary/aromatic N) is 2. The van der Waals surface area contributed by atoms with Gasteiger partial charge in [0, 0.05) is 25.4 Å². The van der Waals surface area contributed by atoms with Crippen LogP contribution in [0.15, 0.2) is 30.3 Å². The van der Waals surface area contributed by atoms with Crippen molar-refractivity contribution in [1.29, 1.82) is 0 Å². The van der Waals surface area contributed by atoms with Gasteiger partial charge in [0.25, 0.3) is 5.91 Å². The van der Waals surface area contributed by atoms with Crippen LogP contribution in [0.3, 0.4) is 0 Å². The second kappa shape index (κ2) is 9.47. The van der Waals surface area contributed by atoms with Gasteiger partial charge in [-0.05, 0) is 38.1 Å². The molecule has 0 atom stereocenters. The number of carbonyl (C=O) groups excluding carboxylic acids is 2. The highest BCUT2D eigenvalue weighted by Crippen LogP contribution is 2.13. The van der Waals surface area contributed by atoms with Gasteiger partial charge in [-0.2, -0.15) is 0 Å². The maximum absolute atomic E-state index is 12.4. The van der Waals surface area contributed by atoms with Crippen molar-refractivity contribution in [3.8, 4) is 0 Å². The van der Waals surface area contributed by atoms with E-state index in [1.54, 1.807) is 51.3 Å². The number of hydrogen-bond acceptors (Lipinski definition) is 7. The number of amides is 1. The first-order valence-electron chi connectivity index (χ1n) is 8.20. The number of aryl methyl sites for hydroxylation is 1. The Morgan fingerprint density at radius 1 is 1.15 bits per heavy atom. The van der Waals surface area contributed by atoms with E-state index in [-0.39, 0.29) is 11.6 Å². The van der Waals surface area contributed by atoms with Crippen LogP contribution >= 0.6 is 0 Å². The smallest absolute Gasteiger partial charge is 0.338 e. The number of nitrogens with one attached hydrogen (secondary N) is 2. The normalized spacial score (nSPS) is 10.3. The first-order chi connectivity index (χ1) is 12.5. The van der Waals surface area contributed by atoms with Crippen LogP contribution in [0.5, 0.6) is 0 Å². The summed E-state index contributed by atoms with van der Waals surface area (Å²) in [6.45, 7) is 4.87. The van der Waals surface area contributed by atoms with Crippen LogP contribution in [0.2, 0.25) is 0 Å². The monoisotopic (exact) mass is 358 g/mol. The summed E-state index contributed by atoms with van der Waals surface area (Å²) in [6.07, 6.45) is 0. The second-order valence-electron chi connectivity index (χ2n) is 5.36. The third kappa shape index (κ3) is 5.52. The molecule has 0 aliphatic rings. The van der Waals surface area contributed by atoms with Crippen LogP contribution < -0.4 is 10.6 Å². The molecule has 2 aromatic rings. The molecule has 0 saturated heterocycles. The van der Waals surface area contributed by atoms with E-state index in [1.165, 1.54) is 0 Å². The average Bonchev–Trinajstić information content (AvgIpc) is 2.62. The van der Waals surface area contributed by atoms with Crippen molar-refractivity contribution in [3.63, 3.8) is 0 Å². The maximum Gasteiger partial charge on any atom is 0.338 e. The Morgan fingerprint density at radius 3 is 2.54 bits per heavy atom. The van der Waals surface area contributed by atoms with Gasteiger partial charge in [-0.1, -0.05) is 0 Å². The molecule has 8 nitrogen and oxygen atoms in total. The number of aromatic nitrogens is 2. The first-order valence-corrected chi connectivity index (χ1v) is 8.20. The Morgan fingerprint density at radius 2 is 1.88 bits per heavy atom. The minimum atomic E-state index is -0.399. The van der Waals surface area contributed by atoms with E-state index in [1.807, 2.05) is 0 Å². The number of carbonyl (C=O) groups is 2. The third-order valence-corrected chi connectivity index (χ3v) is 3.34. The second-order valence-corrected chi connectivity index (χ2v) is 5.36. The van der Waals surface area contributed by atoms with Crippen molar-refractivity contribution in [2.24, 2.45) is 0 Å². The molecule has 0 saturated carbocycles. The minimum Gasteiger partial charge on any atom is -0.462 e. The van der Waals surface area contributed by atoms with Gasteiger partial charge in [-0.25, -0.2) is 14.8 Å². The fourth-order valence-electron chi connectivity index (χ4n) is 2.15. The van der Waals surface area contributed by atoms with E-state index in [9.17, 15) is 9.59 Å². The number of anilines is 2. The van der Waals surface area contributed by atoms with Gasteiger partial charge in [0.05, 0.1) is 18.8 Å². The Balaban J connectivity index is 2.06. The summed E-state index contributed by atoms with van der Waals surface area (Å²) in [5.41, 5.74) is 1.22. The van der Waals surface area contributed by atoms with E-state index in [4.69, 9.17) is 9.47 Å². The Labute approximate surface area is 151 Å². The average molecular weight is 358 g/mol. The third-order valence-electron chi connectivity index (χ3n) is 3.34. The Bertz CT molecular complexity index is 762. The lowest BCUT2D eigenvalue weighted by molar-refractivity contribution is 0.0526. The summed E-state index contributed by atoms with van der Waals surface area (Å²) < 4.78 is 9.90. The molecule has 0 unspecified atom stereocenters. The highest BCUT2D eigenvalue weighted by atomic mass is 16.5. The summed E-state index contributed by atoms with van der Waals surface area (Å²) >= 11 is 0. The van der Waals surface area contributed by atoms with Crippen molar-refractivity contribution < 1.29 is 19.1 Å². The molecule has 1 aromatic carbocycles. The van der Waals surface area contributed by atoms with Crippen molar-refractivity contribution >= 4 is 23.4 Å². The van der Waals surface area contributed by atoms with Gasteiger partial charge in [0.2, 0.25) is 0 Å². The minimum absolute atomic E-state index is 0.242. The standard InChI is InChI=1S/C18H22N4O4/c1-4-26-18(24)13-5-7-14(8-6-13)22-17(23)15-11-16(19-9-10-25-3)21-12(2)20-15/h5-8,11H,4,9-10H2,1-3H3,(H,22,23)(H,19,20,21). The summed E-state index contributed by atoms with van der Waals surface area (Å²) in [4.78, 5) is 32.5. The molecule has 1 amide bonds. The lowest BCUT2D eigenvalue weighted by Gasteiger charge is -2.09. The van der Waals surface area contributed by atoms with Crippen molar-refractivity contribution in [3.05, 3.63) is 47.4 Å². The molecule has 0 radical (unpaired) electrons. The summed E-state index contributed by atoms with van der Waals surface area (Å²) in [5, 5.41) is 5.81. The zero-order chi connectivity index (χ0) is 18.9. The number of hydrogen-bond donors (Lipinski definition) is 2.